The number of nitrogens with zero attached hydrogens (tertiary/aromatic N) is 3. The summed E-state index contributed by atoms with van der Waals surface area (Å²) >= 11 is 0. The third-order valence-electron chi connectivity index (χ3n) is 6.34. The molecule has 1 N–H and O–H groups in total. The van der Waals surface area contributed by atoms with Crippen molar-refractivity contribution in [1.29, 1.82) is 0 Å². The number of fused-ring (bicyclic) bond motifs is 3. The number of aromatic nitrogens is 2. The molecule has 1 amide bonds. The highest BCUT2D eigenvalue weighted by Crippen LogP contribution is 2.49. The molecule has 1 aliphatic heterocycles. The number of likely N-dealkylation sites (tertiary alicyclic amines) is 1. The van der Waals surface area contributed by atoms with Gasteiger partial charge in [-0.2, -0.15) is 5.10 Å². The number of nitrogens with one attached hydrogen (secondary N) is 1. The minimum absolute atomic E-state index is 0.129. The fourth-order valence-electron chi connectivity index (χ4n) is 4.97. The summed E-state index contributed by atoms with van der Waals surface area (Å²) in [4.78, 5) is 15.0. The Labute approximate surface area is 173 Å². The Morgan fingerprint density at radius 2 is 1.93 bits per heavy atom. The van der Waals surface area contributed by atoms with Crippen molar-refractivity contribution in [3.05, 3.63) is 88.7 Å². The lowest BCUT2D eigenvalue weighted by molar-refractivity contribution is 0.0914. The molecule has 0 radical (unpaired) electrons. The monoisotopic (exact) mass is 408 g/mol. The van der Waals surface area contributed by atoms with Crippen molar-refractivity contribution in [2.24, 2.45) is 13.0 Å². The number of halogens is 2. The molecule has 0 unspecified atom stereocenters. The van der Waals surface area contributed by atoms with Crippen molar-refractivity contribution >= 4 is 5.91 Å². The zero-order valence-corrected chi connectivity index (χ0v) is 16.6. The van der Waals surface area contributed by atoms with E-state index in [0.717, 1.165) is 18.2 Å². The Morgan fingerprint density at radius 3 is 2.70 bits per heavy atom. The molecule has 3 aromatic rings. The van der Waals surface area contributed by atoms with Crippen molar-refractivity contribution in [1.82, 2.24) is 20.0 Å². The highest BCUT2D eigenvalue weighted by Gasteiger charge is 2.46. The molecule has 2 heterocycles. The summed E-state index contributed by atoms with van der Waals surface area (Å²) in [5.41, 5.74) is 3.23. The van der Waals surface area contributed by atoms with Gasteiger partial charge in [0.05, 0.1) is 6.04 Å². The summed E-state index contributed by atoms with van der Waals surface area (Å²) in [6.07, 6.45) is 1.60. The number of carbonyl (C=O) groups excluding carboxylic acids is 1. The van der Waals surface area contributed by atoms with Crippen LogP contribution >= 0.6 is 0 Å². The normalized spacial score (nSPS) is 22.7. The van der Waals surface area contributed by atoms with Crippen LogP contribution in [0.2, 0.25) is 0 Å². The summed E-state index contributed by atoms with van der Waals surface area (Å²) in [5, 5.41) is 7.27. The largest absolute Gasteiger partial charge is 0.344 e. The van der Waals surface area contributed by atoms with E-state index in [1.165, 1.54) is 17.7 Å². The Balaban J connectivity index is 1.40. The molecule has 1 fully saturated rings. The van der Waals surface area contributed by atoms with E-state index in [1.807, 2.05) is 12.1 Å². The topological polar surface area (TPSA) is 50.2 Å². The van der Waals surface area contributed by atoms with Crippen molar-refractivity contribution in [3.8, 4) is 0 Å². The van der Waals surface area contributed by atoms with Crippen molar-refractivity contribution in [2.45, 2.75) is 18.5 Å². The fraction of sp³-hybridized carbons (Fsp3) is 0.304. The van der Waals surface area contributed by atoms with E-state index < -0.39 is 11.6 Å². The molecular weight excluding hydrogens is 386 g/mol. The van der Waals surface area contributed by atoms with Gasteiger partial charge >= 0.3 is 0 Å². The van der Waals surface area contributed by atoms with Gasteiger partial charge in [0, 0.05) is 50.3 Å². The lowest BCUT2D eigenvalue weighted by Gasteiger charge is -2.23. The third kappa shape index (κ3) is 3.19. The standard InChI is InChI=1S/C23H22F2N4O/c1-28-21(8-9-26-28)23(30)27-22-17-5-3-2-4-16(17)18-12-29(13-19(18)22)11-14-10-15(24)6-7-20(14)25/h2-10,18-19,22H,11-13H2,1H3,(H,27,30)/t18-,19-,22+/m0/s1. The second-order valence-electron chi connectivity index (χ2n) is 8.12. The van der Waals surface area contributed by atoms with Crippen LogP contribution < -0.4 is 5.32 Å². The zero-order chi connectivity index (χ0) is 20.8. The second-order valence-corrected chi connectivity index (χ2v) is 8.12. The summed E-state index contributed by atoms with van der Waals surface area (Å²) in [7, 11) is 1.74. The molecule has 0 bridgehead atoms. The molecule has 30 heavy (non-hydrogen) atoms. The van der Waals surface area contributed by atoms with Crippen molar-refractivity contribution in [2.75, 3.05) is 13.1 Å². The number of benzene rings is 2. The molecule has 5 rings (SSSR count). The van der Waals surface area contributed by atoms with E-state index in [-0.39, 0.29) is 23.8 Å². The minimum Gasteiger partial charge on any atom is -0.344 e. The summed E-state index contributed by atoms with van der Waals surface area (Å²) in [6, 6.07) is 13.3. The highest BCUT2D eigenvalue weighted by molar-refractivity contribution is 5.92. The van der Waals surface area contributed by atoms with Crippen LogP contribution in [0.3, 0.4) is 0 Å². The molecule has 3 atom stereocenters. The smallest absolute Gasteiger partial charge is 0.270 e. The average Bonchev–Trinajstić information content (AvgIpc) is 3.41. The van der Waals surface area contributed by atoms with Gasteiger partial charge in [0.15, 0.2) is 0 Å². The molecule has 0 spiro atoms. The van der Waals surface area contributed by atoms with Crippen molar-refractivity contribution in [3.63, 3.8) is 0 Å². The molecule has 0 saturated carbocycles. The second kappa shape index (κ2) is 7.32. The van der Waals surface area contributed by atoms with Gasteiger partial charge in [0.2, 0.25) is 0 Å². The summed E-state index contributed by atoms with van der Waals surface area (Å²) in [6.45, 7) is 1.79. The van der Waals surface area contributed by atoms with Crippen LogP contribution in [0.5, 0.6) is 0 Å². The third-order valence-corrected chi connectivity index (χ3v) is 6.34. The van der Waals surface area contributed by atoms with Gasteiger partial charge in [-0.15, -0.1) is 0 Å². The van der Waals surface area contributed by atoms with Gasteiger partial charge in [0.25, 0.3) is 5.91 Å². The van der Waals surface area contributed by atoms with E-state index in [4.69, 9.17) is 0 Å². The molecule has 1 aliphatic carbocycles. The van der Waals surface area contributed by atoms with E-state index >= 15 is 0 Å². The molecule has 154 valence electrons. The van der Waals surface area contributed by atoms with E-state index in [2.05, 4.69) is 27.4 Å². The number of amides is 1. The lowest BCUT2D eigenvalue weighted by atomic mass is 9.94. The van der Waals surface area contributed by atoms with Crippen LogP contribution in [0, 0.1) is 17.6 Å². The van der Waals surface area contributed by atoms with E-state index in [9.17, 15) is 13.6 Å². The van der Waals surface area contributed by atoms with E-state index in [1.54, 1.807) is 24.0 Å². The van der Waals surface area contributed by atoms with Gasteiger partial charge in [-0.25, -0.2) is 8.78 Å². The predicted molar refractivity (Wildman–Crippen MR) is 108 cm³/mol. The Morgan fingerprint density at radius 1 is 1.13 bits per heavy atom. The van der Waals surface area contributed by atoms with Crippen LogP contribution in [0.25, 0.3) is 0 Å². The highest BCUT2D eigenvalue weighted by atomic mass is 19.1. The molecule has 2 aromatic carbocycles. The fourth-order valence-corrected chi connectivity index (χ4v) is 4.97. The molecule has 5 nitrogen and oxygen atoms in total. The molecule has 1 aromatic heterocycles. The van der Waals surface area contributed by atoms with E-state index in [0.29, 0.717) is 24.3 Å². The Bertz CT molecular complexity index is 1110. The lowest BCUT2D eigenvalue weighted by Crippen LogP contribution is -2.34. The number of rotatable bonds is 4. The quantitative estimate of drug-likeness (QED) is 0.720. The maximum Gasteiger partial charge on any atom is 0.270 e. The van der Waals surface area contributed by atoms with Crippen molar-refractivity contribution < 1.29 is 13.6 Å². The van der Waals surface area contributed by atoms with Gasteiger partial charge in [-0.3, -0.25) is 14.4 Å². The number of hydrogen-bond acceptors (Lipinski definition) is 3. The molecular formula is C23H22F2N4O. The first-order valence-electron chi connectivity index (χ1n) is 10.0. The van der Waals surface area contributed by atoms with Gasteiger partial charge < -0.3 is 5.32 Å². The van der Waals surface area contributed by atoms with Crippen LogP contribution in [-0.4, -0.2) is 33.7 Å². The first-order chi connectivity index (χ1) is 14.5. The zero-order valence-electron chi connectivity index (χ0n) is 16.6. The summed E-state index contributed by atoms with van der Waals surface area (Å²) < 4.78 is 29.3. The summed E-state index contributed by atoms with van der Waals surface area (Å²) in [5.74, 6) is -0.566. The molecule has 1 saturated heterocycles. The van der Waals surface area contributed by atoms with Gasteiger partial charge in [-0.1, -0.05) is 24.3 Å². The average molecular weight is 408 g/mol. The first-order valence-corrected chi connectivity index (χ1v) is 10.0. The molecule has 2 aliphatic rings. The van der Waals surface area contributed by atoms with Crippen LogP contribution in [0.15, 0.2) is 54.7 Å². The first kappa shape index (κ1) is 18.9. The Hall–Kier alpha value is -3.06. The van der Waals surface area contributed by atoms with Gasteiger partial charge in [0.1, 0.15) is 17.3 Å². The Kier molecular flexibility index (Phi) is 4.62. The number of carbonyl (C=O) groups is 1. The maximum atomic E-state index is 14.1. The van der Waals surface area contributed by atoms with Crippen LogP contribution in [-0.2, 0) is 13.6 Å². The van der Waals surface area contributed by atoms with Crippen LogP contribution in [0.4, 0.5) is 8.78 Å². The number of hydrogen-bond donors (Lipinski definition) is 1. The maximum absolute atomic E-state index is 14.1. The minimum atomic E-state index is -0.433. The van der Waals surface area contributed by atoms with Gasteiger partial charge in [-0.05, 0) is 35.4 Å². The van der Waals surface area contributed by atoms with Crippen LogP contribution in [0.1, 0.15) is 39.1 Å². The molecule has 7 heteroatoms. The predicted octanol–water partition coefficient (Wildman–Crippen LogP) is 3.40. The SMILES string of the molecule is Cn1nccc1C(=O)N[C@@H]1c2ccccc2[C@@H]2CN(Cc3cc(F)ccc3F)C[C@H]12. The number of aryl methyl sites for hydroxylation is 1.